The van der Waals surface area contributed by atoms with Crippen LogP contribution in [0.15, 0.2) is 10.3 Å². The van der Waals surface area contributed by atoms with E-state index in [-0.39, 0.29) is 15.2 Å². The number of nitrogens with two attached hydrogens (primary N) is 1. The Bertz CT molecular complexity index is 578. The smallest absolute Gasteiger partial charge is 0.253 e. The number of halogens is 1. The number of piperidine rings is 1. The zero-order valence-corrected chi connectivity index (χ0v) is 13.6. The molecular weight excluding hydrogens is 324 g/mol. The van der Waals surface area contributed by atoms with Crippen molar-refractivity contribution in [2.75, 3.05) is 6.54 Å². The summed E-state index contributed by atoms with van der Waals surface area (Å²) in [5, 5.41) is 0. The summed E-state index contributed by atoms with van der Waals surface area (Å²) in [7, 11) is -3.56. The van der Waals surface area contributed by atoms with E-state index in [1.54, 1.807) is 13.0 Å². The molecule has 4 nitrogen and oxygen atoms in total. The largest absolute Gasteiger partial charge is 0.392 e. The fourth-order valence-electron chi connectivity index (χ4n) is 2.15. The molecule has 1 aliphatic rings. The number of aryl methyl sites for hydroxylation is 1. The van der Waals surface area contributed by atoms with Gasteiger partial charge in [-0.2, -0.15) is 4.31 Å². The van der Waals surface area contributed by atoms with Crippen LogP contribution < -0.4 is 5.73 Å². The topological polar surface area (TPSA) is 63.4 Å². The minimum Gasteiger partial charge on any atom is -0.392 e. The molecule has 1 unspecified atom stereocenters. The molecule has 8 heteroatoms. The summed E-state index contributed by atoms with van der Waals surface area (Å²) in [6.45, 7) is 2.25. The fraction of sp³-hybridized carbons (Fsp3) is 0.545. The molecule has 0 bridgehead atoms. The normalized spacial score (nSPS) is 21.5. The van der Waals surface area contributed by atoms with Gasteiger partial charge < -0.3 is 5.73 Å². The number of sulfonamides is 1. The van der Waals surface area contributed by atoms with Crippen LogP contribution in [0.4, 0.5) is 0 Å². The zero-order valence-electron chi connectivity index (χ0n) is 10.4. The van der Waals surface area contributed by atoms with Crippen molar-refractivity contribution < 1.29 is 8.42 Å². The standard InChI is InChI=1S/C11H15ClN2O2S3/c1-7-6-9(18-10(7)12)19(15,16)14-5-3-2-4-8(14)11(13)17/h6,8H,2-5H2,1H3,(H2,13,17). The van der Waals surface area contributed by atoms with Gasteiger partial charge in [0.05, 0.1) is 15.4 Å². The Kier molecular flexibility index (Phi) is 4.52. The molecule has 0 aliphatic carbocycles. The van der Waals surface area contributed by atoms with E-state index in [0.29, 0.717) is 17.3 Å². The Hall–Kier alpha value is -0.210. The highest BCUT2D eigenvalue weighted by atomic mass is 35.5. The lowest BCUT2D eigenvalue weighted by atomic mass is 10.1. The van der Waals surface area contributed by atoms with Gasteiger partial charge in [-0.15, -0.1) is 11.3 Å². The number of nitrogens with zero attached hydrogens (tertiary/aromatic N) is 1. The summed E-state index contributed by atoms with van der Waals surface area (Å²) in [4.78, 5) is 0.239. The van der Waals surface area contributed by atoms with Crippen molar-refractivity contribution in [3.8, 4) is 0 Å². The number of rotatable bonds is 3. The van der Waals surface area contributed by atoms with E-state index in [4.69, 9.17) is 29.6 Å². The molecule has 2 N–H and O–H groups in total. The predicted octanol–water partition coefficient (Wildman–Crippen LogP) is 2.54. The van der Waals surface area contributed by atoms with E-state index in [9.17, 15) is 8.42 Å². The number of thiophene rings is 1. The second-order valence-electron chi connectivity index (χ2n) is 4.55. The summed E-state index contributed by atoms with van der Waals surface area (Å²) < 4.78 is 27.4. The molecule has 2 heterocycles. The number of thiocarbonyl (C=S) groups is 1. The number of hydrogen-bond acceptors (Lipinski definition) is 4. The second kappa shape index (κ2) is 5.65. The van der Waals surface area contributed by atoms with Crippen LogP contribution in [-0.2, 0) is 10.0 Å². The maximum Gasteiger partial charge on any atom is 0.253 e. The molecule has 0 spiro atoms. The lowest BCUT2D eigenvalue weighted by Crippen LogP contribution is -2.49. The van der Waals surface area contributed by atoms with Crippen molar-refractivity contribution in [2.45, 2.75) is 36.4 Å². The van der Waals surface area contributed by atoms with E-state index >= 15 is 0 Å². The molecule has 0 radical (unpaired) electrons. The van der Waals surface area contributed by atoms with Gasteiger partial charge >= 0.3 is 0 Å². The first kappa shape index (κ1) is 15.2. The maximum atomic E-state index is 12.6. The van der Waals surface area contributed by atoms with Crippen LogP contribution in [0.1, 0.15) is 24.8 Å². The van der Waals surface area contributed by atoms with Crippen LogP contribution in [0, 0.1) is 6.92 Å². The molecule has 19 heavy (non-hydrogen) atoms. The number of hydrogen-bond donors (Lipinski definition) is 1. The van der Waals surface area contributed by atoms with Crippen LogP contribution >= 0.6 is 35.2 Å². The van der Waals surface area contributed by atoms with Crippen molar-refractivity contribution in [3.05, 3.63) is 16.0 Å². The summed E-state index contributed by atoms with van der Waals surface area (Å²) in [6, 6.07) is 1.23. The third-order valence-corrected chi connectivity index (χ3v) is 7.36. The highest BCUT2D eigenvalue weighted by Gasteiger charge is 2.36. The molecule has 0 aromatic carbocycles. The highest BCUT2D eigenvalue weighted by Crippen LogP contribution is 2.34. The maximum absolute atomic E-state index is 12.6. The lowest BCUT2D eigenvalue weighted by Gasteiger charge is -2.33. The molecular formula is C11H15ClN2O2S3. The SMILES string of the molecule is Cc1cc(S(=O)(=O)N2CCCCC2C(N)=S)sc1Cl. The minimum atomic E-state index is -3.56. The monoisotopic (exact) mass is 338 g/mol. The summed E-state index contributed by atoms with van der Waals surface area (Å²) in [6.07, 6.45) is 2.46. The second-order valence-corrected chi connectivity index (χ2v) is 8.79. The van der Waals surface area contributed by atoms with Crippen LogP contribution in [0.25, 0.3) is 0 Å². The van der Waals surface area contributed by atoms with Gasteiger partial charge in [0, 0.05) is 6.54 Å². The molecule has 106 valence electrons. The van der Waals surface area contributed by atoms with Crippen LogP contribution in [0.2, 0.25) is 4.34 Å². The first-order chi connectivity index (χ1) is 8.84. The van der Waals surface area contributed by atoms with Gasteiger partial charge in [-0.25, -0.2) is 8.42 Å². The van der Waals surface area contributed by atoms with Crippen molar-refractivity contribution in [3.63, 3.8) is 0 Å². The average Bonchev–Trinajstić information content (AvgIpc) is 2.70. The Balaban J connectivity index is 2.39. The lowest BCUT2D eigenvalue weighted by molar-refractivity contribution is 0.307. The Morgan fingerprint density at radius 3 is 2.79 bits per heavy atom. The predicted molar refractivity (Wildman–Crippen MR) is 82.4 cm³/mol. The van der Waals surface area contributed by atoms with Crippen molar-refractivity contribution in [1.82, 2.24) is 4.31 Å². The first-order valence-corrected chi connectivity index (χ1v) is 8.95. The van der Waals surface area contributed by atoms with E-state index in [1.807, 2.05) is 0 Å². The molecule has 1 saturated heterocycles. The molecule has 1 aliphatic heterocycles. The van der Waals surface area contributed by atoms with Crippen LogP contribution in [-0.4, -0.2) is 30.3 Å². The van der Waals surface area contributed by atoms with Gasteiger partial charge in [0.25, 0.3) is 10.0 Å². The summed E-state index contributed by atoms with van der Waals surface area (Å²) >= 11 is 12.0. The van der Waals surface area contributed by atoms with Gasteiger partial charge in [0.2, 0.25) is 0 Å². The van der Waals surface area contributed by atoms with Crippen molar-refractivity contribution in [1.29, 1.82) is 0 Å². The molecule has 1 atom stereocenters. The first-order valence-electron chi connectivity index (χ1n) is 5.91. The minimum absolute atomic E-state index is 0.239. The van der Waals surface area contributed by atoms with E-state index in [1.165, 1.54) is 4.31 Å². The van der Waals surface area contributed by atoms with Crippen molar-refractivity contribution in [2.24, 2.45) is 5.73 Å². The third kappa shape index (κ3) is 2.95. The van der Waals surface area contributed by atoms with E-state index < -0.39 is 10.0 Å². The van der Waals surface area contributed by atoms with Gasteiger partial charge in [0.1, 0.15) is 4.21 Å². The van der Waals surface area contributed by atoms with Gasteiger partial charge in [0.15, 0.2) is 0 Å². The quantitative estimate of drug-likeness (QED) is 0.860. The Morgan fingerprint density at radius 2 is 2.26 bits per heavy atom. The molecule has 0 saturated carbocycles. The van der Waals surface area contributed by atoms with Gasteiger partial charge in [-0.3, -0.25) is 0 Å². The molecule has 1 aromatic heterocycles. The van der Waals surface area contributed by atoms with E-state index in [0.717, 1.165) is 29.7 Å². The zero-order chi connectivity index (χ0) is 14.2. The summed E-state index contributed by atoms with van der Waals surface area (Å²) in [5.74, 6) is 0. The van der Waals surface area contributed by atoms with Crippen LogP contribution in [0.5, 0.6) is 0 Å². The van der Waals surface area contributed by atoms with Gasteiger partial charge in [-0.1, -0.05) is 30.2 Å². The Morgan fingerprint density at radius 1 is 1.58 bits per heavy atom. The van der Waals surface area contributed by atoms with Crippen molar-refractivity contribution >= 4 is 50.2 Å². The third-order valence-electron chi connectivity index (χ3n) is 3.18. The molecule has 1 fully saturated rings. The summed E-state index contributed by atoms with van der Waals surface area (Å²) in [5.41, 5.74) is 6.44. The fourth-order valence-corrected chi connectivity index (χ4v) is 5.98. The van der Waals surface area contributed by atoms with Crippen LogP contribution in [0.3, 0.4) is 0 Å². The molecule has 0 amide bonds. The van der Waals surface area contributed by atoms with Gasteiger partial charge in [-0.05, 0) is 31.4 Å². The molecule has 2 rings (SSSR count). The highest BCUT2D eigenvalue weighted by molar-refractivity contribution is 7.91. The molecule has 1 aromatic rings. The van der Waals surface area contributed by atoms with E-state index in [2.05, 4.69) is 0 Å². The Labute approximate surface area is 127 Å². The average molecular weight is 339 g/mol.